The van der Waals surface area contributed by atoms with Crippen LogP contribution in [0.3, 0.4) is 0 Å². The van der Waals surface area contributed by atoms with Gasteiger partial charge in [0.15, 0.2) is 9.84 Å². The molecule has 0 bridgehead atoms. The van der Waals surface area contributed by atoms with E-state index in [1.807, 2.05) is 0 Å². The molecular weight excluding hydrogens is 407 g/mol. The monoisotopic (exact) mass is 429 g/mol. The third kappa shape index (κ3) is 4.41. The van der Waals surface area contributed by atoms with E-state index >= 15 is 0 Å². The van der Waals surface area contributed by atoms with Gasteiger partial charge in [-0.2, -0.15) is 13.2 Å². The largest absolute Gasteiger partial charge is 0.433 e. The molecule has 0 saturated carbocycles. The van der Waals surface area contributed by atoms with E-state index in [-0.39, 0.29) is 41.2 Å². The van der Waals surface area contributed by atoms with Gasteiger partial charge in [0.1, 0.15) is 5.69 Å². The maximum atomic E-state index is 12.9. The lowest BCUT2D eigenvalue weighted by molar-refractivity contribution is -0.141. The van der Waals surface area contributed by atoms with Crippen LogP contribution in [0.4, 0.5) is 13.2 Å². The summed E-state index contributed by atoms with van der Waals surface area (Å²) in [6.45, 7) is 1.09. The summed E-state index contributed by atoms with van der Waals surface area (Å²) < 4.78 is 61.8. The van der Waals surface area contributed by atoms with Crippen LogP contribution in [0, 0.1) is 5.92 Å². The number of aromatic amines is 1. The lowest BCUT2D eigenvalue weighted by Gasteiger charge is -2.33. The number of carbonyl (C=O) groups excluding carboxylic acids is 1. The molecule has 2 aromatic heterocycles. The molecule has 0 radical (unpaired) electrons. The maximum absolute atomic E-state index is 12.9. The zero-order chi connectivity index (χ0) is 20.8. The van der Waals surface area contributed by atoms with Crippen LogP contribution in [0.2, 0.25) is 0 Å². The highest BCUT2D eigenvalue weighted by Gasteiger charge is 2.34. The minimum Gasteiger partial charge on any atom is -0.357 e. The predicted octanol–water partition coefficient (Wildman–Crippen LogP) is 3.11. The molecule has 0 unspecified atom stereocenters. The summed E-state index contributed by atoms with van der Waals surface area (Å²) in [6.07, 6.45) is -2.13. The molecule has 158 valence electrons. The molecule has 4 rings (SSSR count). The van der Waals surface area contributed by atoms with Gasteiger partial charge in [-0.3, -0.25) is 4.79 Å². The molecule has 2 aliphatic heterocycles. The van der Waals surface area contributed by atoms with E-state index in [2.05, 4.69) is 9.97 Å². The highest BCUT2D eigenvalue weighted by Crippen LogP contribution is 2.32. The van der Waals surface area contributed by atoms with E-state index in [0.29, 0.717) is 25.0 Å². The van der Waals surface area contributed by atoms with E-state index in [1.54, 1.807) is 11.0 Å². The Morgan fingerprint density at radius 2 is 2.07 bits per heavy atom. The second-order valence-electron chi connectivity index (χ2n) is 8.00. The standard InChI is InChI=1S/C19H22F3N3O3S/c20-19(21,22)17-4-3-14-16(24-17)9-15(23-14)13-2-1-6-25(10-13)18(26)8-12-5-7-29(27,28)11-12/h3-4,9,12-13,23H,1-2,5-8,10-11H2/t12-,13+/m1/s1. The Kier molecular flexibility index (Phi) is 5.08. The second-order valence-corrected chi connectivity index (χ2v) is 10.2. The molecule has 2 saturated heterocycles. The first-order chi connectivity index (χ1) is 13.6. The molecule has 0 aliphatic carbocycles. The normalized spacial score (nSPS) is 24.9. The number of rotatable bonds is 3. The fourth-order valence-electron chi connectivity index (χ4n) is 4.27. The number of hydrogen-bond acceptors (Lipinski definition) is 4. The predicted molar refractivity (Wildman–Crippen MR) is 101 cm³/mol. The van der Waals surface area contributed by atoms with Gasteiger partial charge < -0.3 is 9.88 Å². The zero-order valence-corrected chi connectivity index (χ0v) is 16.5. The number of alkyl halides is 3. The van der Waals surface area contributed by atoms with Crippen molar-refractivity contribution in [3.8, 4) is 0 Å². The van der Waals surface area contributed by atoms with Gasteiger partial charge in [0.2, 0.25) is 5.91 Å². The van der Waals surface area contributed by atoms with E-state index < -0.39 is 21.7 Å². The van der Waals surface area contributed by atoms with Crippen LogP contribution in [-0.4, -0.2) is 53.8 Å². The Morgan fingerprint density at radius 1 is 1.28 bits per heavy atom. The number of sulfone groups is 1. The maximum Gasteiger partial charge on any atom is 0.433 e. The first-order valence-electron chi connectivity index (χ1n) is 9.66. The summed E-state index contributed by atoms with van der Waals surface area (Å²) in [5, 5.41) is 0. The van der Waals surface area contributed by atoms with Gasteiger partial charge in [0.05, 0.1) is 22.5 Å². The molecule has 0 aromatic carbocycles. The number of nitrogens with one attached hydrogen (secondary N) is 1. The molecule has 1 N–H and O–H groups in total. The first-order valence-corrected chi connectivity index (χ1v) is 11.5. The van der Waals surface area contributed by atoms with Crippen molar-refractivity contribution in [3.05, 3.63) is 29.6 Å². The van der Waals surface area contributed by atoms with Gasteiger partial charge in [-0.1, -0.05) is 0 Å². The Morgan fingerprint density at radius 3 is 2.76 bits per heavy atom. The van der Waals surface area contributed by atoms with Gasteiger partial charge in [0, 0.05) is 31.1 Å². The highest BCUT2D eigenvalue weighted by molar-refractivity contribution is 7.91. The third-order valence-corrected chi connectivity index (χ3v) is 7.63. The van der Waals surface area contributed by atoms with E-state index in [1.165, 1.54) is 6.07 Å². The number of likely N-dealkylation sites (tertiary alicyclic amines) is 1. The van der Waals surface area contributed by atoms with Gasteiger partial charge in [-0.15, -0.1) is 0 Å². The van der Waals surface area contributed by atoms with Crippen molar-refractivity contribution >= 4 is 26.8 Å². The average Bonchev–Trinajstić information content (AvgIpc) is 3.23. The third-order valence-electron chi connectivity index (χ3n) is 5.79. The Bertz CT molecular complexity index is 1030. The molecule has 0 spiro atoms. The smallest absolute Gasteiger partial charge is 0.357 e. The zero-order valence-electron chi connectivity index (χ0n) is 15.7. The fraction of sp³-hybridized carbons (Fsp3) is 0.579. The number of carbonyl (C=O) groups is 1. The lowest BCUT2D eigenvalue weighted by Crippen LogP contribution is -2.40. The van der Waals surface area contributed by atoms with Gasteiger partial charge in [-0.05, 0) is 43.4 Å². The minimum absolute atomic E-state index is 0.0106. The van der Waals surface area contributed by atoms with Crippen molar-refractivity contribution in [2.75, 3.05) is 24.6 Å². The Labute approximate surface area is 166 Å². The van der Waals surface area contributed by atoms with Crippen LogP contribution in [-0.2, 0) is 20.8 Å². The van der Waals surface area contributed by atoms with Crippen LogP contribution in [0.25, 0.3) is 11.0 Å². The number of fused-ring (bicyclic) bond motifs is 1. The number of aromatic nitrogens is 2. The van der Waals surface area contributed by atoms with Crippen LogP contribution in [0.15, 0.2) is 18.2 Å². The summed E-state index contributed by atoms with van der Waals surface area (Å²) >= 11 is 0. The van der Waals surface area contributed by atoms with Gasteiger partial charge in [0.25, 0.3) is 0 Å². The quantitative estimate of drug-likeness (QED) is 0.813. The number of amides is 1. The van der Waals surface area contributed by atoms with Gasteiger partial charge >= 0.3 is 6.18 Å². The molecule has 2 aromatic rings. The number of H-pyrrole nitrogens is 1. The minimum atomic E-state index is -4.49. The number of hydrogen-bond donors (Lipinski definition) is 1. The Hall–Kier alpha value is -2.10. The number of halogens is 3. The number of piperidine rings is 1. The number of nitrogens with zero attached hydrogens (tertiary/aromatic N) is 2. The molecular formula is C19H22F3N3O3S. The van der Waals surface area contributed by atoms with E-state index in [4.69, 9.17) is 0 Å². The van der Waals surface area contributed by atoms with Crippen molar-refractivity contribution < 1.29 is 26.4 Å². The van der Waals surface area contributed by atoms with Gasteiger partial charge in [-0.25, -0.2) is 13.4 Å². The van der Waals surface area contributed by atoms with Crippen molar-refractivity contribution in [1.82, 2.24) is 14.9 Å². The molecule has 2 atom stereocenters. The topological polar surface area (TPSA) is 83.1 Å². The average molecular weight is 429 g/mol. The summed E-state index contributed by atoms with van der Waals surface area (Å²) in [5.41, 5.74) is 0.636. The van der Waals surface area contributed by atoms with Crippen molar-refractivity contribution in [2.24, 2.45) is 5.92 Å². The molecule has 1 amide bonds. The summed E-state index contributed by atoms with van der Waals surface area (Å²) in [7, 11) is -3.02. The molecule has 29 heavy (non-hydrogen) atoms. The van der Waals surface area contributed by atoms with E-state index in [0.717, 1.165) is 24.6 Å². The molecule has 10 heteroatoms. The molecule has 4 heterocycles. The molecule has 2 aliphatic rings. The summed E-state index contributed by atoms with van der Waals surface area (Å²) in [6, 6.07) is 3.96. The first kappa shape index (κ1) is 20.2. The molecule has 6 nitrogen and oxygen atoms in total. The van der Waals surface area contributed by atoms with Crippen LogP contribution >= 0.6 is 0 Å². The Balaban J connectivity index is 1.46. The van der Waals surface area contributed by atoms with Crippen LogP contribution in [0.5, 0.6) is 0 Å². The van der Waals surface area contributed by atoms with Crippen molar-refractivity contribution in [1.29, 1.82) is 0 Å². The summed E-state index contributed by atoms with van der Waals surface area (Å²) in [4.78, 5) is 21.2. The van der Waals surface area contributed by atoms with Crippen molar-refractivity contribution in [3.63, 3.8) is 0 Å². The molecule has 2 fully saturated rings. The van der Waals surface area contributed by atoms with Crippen LogP contribution < -0.4 is 0 Å². The SMILES string of the molecule is O=C(C[C@H]1CCS(=O)(=O)C1)N1CCC[C@H](c2cc3nc(C(F)(F)F)ccc3[nH]2)C1. The van der Waals surface area contributed by atoms with E-state index in [9.17, 15) is 26.4 Å². The fourth-order valence-corrected chi connectivity index (χ4v) is 6.14. The van der Waals surface area contributed by atoms with Crippen LogP contribution in [0.1, 0.15) is 43.0 Å². The lowest BCUT2D eigenvalue weighted by atomic mass is 9.94. The van der Waals surface area contributed by atoms with Crippen molar-refractivity contribution in [2.45, 2.75) is 37.8 Å². The highest BCUT2D eigenvalue weighted by atomic mass is 32.2. The second kappa shape index (κ2) is 7.30. The summed E-state index contributed by atoms with van der Waals surface area (Å²) in [5.74, 6) is 0.0423. The number of pyridine rings is 1.